The molecule has 0 aliphatic rings. The highest BCUT2D eigenvalue weighted by atomic mass is 16.6. The Kier molecular flexibility index (Phi) is 5.90. The lowest BCUT2D eigenvalue weighted by Gasteiger charge is -2.20. The Hall–Kier alpha value is -3.28. The van der Waals surface area contributed by atoms with Crippen LogP contribution in [-0.2, 0) is 9.59 Å². The highest BCUT2D eigenvalue weighted by Crippen LogP contribution is 2.24. The molecule has 0 aromatic heterocycles. The highest BCUT2D eigenvalue weighted by molar-refractivity contribution is 6.01. The quantitative estimate of drug-likeness (QED) is 0.335. The molecule has 0 heterocycles. The van der Waals surface area contributed by atoms with Crippen LogP contribution in [0.15, 0.2) is 48.5 Å². The molecule has 27 heavy (non-hydrogen) atoms. The summed E-state index contributed by atoms with van der Waals surface area (Å²) in [5, 5.41) is 0. The summed E-state index contributed by atoms with van der Waals surface area (Å²) in [5.74, 6) is -1.35. The van der Waals surface area contributed by atoms with Gasteiger partial charge in [0.15, 0.2) is 17.0 Å². The SMILES string of the molecule is CC(=O)c1ccc(OC(=O)C(C)(C)C(=O)Oc2ccc(C(C)=O)cc2)cc1. The first kappa shape index (κ1) is 20.0. The fraction of sp³-hybridized carbons (Fsp3) is 0.238. The molecule has 0 amide bonds. The summed E-state index contributed by atoms with van der Waals surface area (Å²) in [4.78, 5) is 47.3. The predicted octanol–water partition coefficient (Wildman–Crippen LogP) is 3.63. The van der Waals surface area contributed by atoms with Crippen molar-refractivity contribution in [3.63, 3.8) is 0 Å². The Labute approximate surface area is 157 Å². The molecule has 0 unspecified atom stereocenters. The summed E-state index contributed by atoms with van der Waals surface area (Å²) in [6.45, 7) is 5.66. The van der Waals surface area contributed by atoms with Crippen molar-refractivity contribution in [1.29, 1.82) is 0 Å². The van der Waals surface area contributed by atoms with Crippen LogP contribution in [0.25, 0.3) is 0 Å². The van der Waals surface area contributed by atoms with Gasteiger partial charge in [-0.3, -0.25) is 19.2 Å². The average Bonchev–Trinajstić information content (AvgIpc) is 2.62. The molecule has 6 heteroatoms. The molecule has 0 fully saturated rings. The van der Waals surface area contributed by atoms with Gasteiger partial charge in [-0.2, -0.15) is 0 Å². The fourth-order valence-corrected chi connectivity index (χ4v) is 2.07. The zero-order valence-corrected chi connectivity index (χ0v) is 15.6. The molecule has 0 N–H and O–H groups in total. The van der Waals surface area contributed by atoms with Crippen molar-refractivity contribution in [2.45, 2.75) is 27.7 Å². The van der Waals surface area contributed by atoms with Crippen LogP contribution < -0.4 is 9.47 Å². The van der Waals surface area contributed by atoms with E-state index in [9.17, 15) is 19.2 Å². The van der Waals surface area contributed by atoms with E-state index in [4.69, 9.17) is 9.47 Å². The molecule has 0 radical (unpaired) electrons. The monoisotopic (exact) mass is 368 g/mol. The number of Topliss-reactive ketones (excluding diaryl/α,β-unsaturated/α-hetero) is 2. The molecule has 0 bridgehead atoms. The third kappa shape index (κ3) is 4.88. The zero-order valence-electron chi connectivity index (χ0n) is 15.6. The first-order chi connectivity index (χ1) is 12.6. The van der Waals surface area contributed by atoms with Gasteiger partial charge in [0.1, 0.15) is 11.5 Å². The minimum atomic E-state index is -1.56. The molecule has 0 aliphatic heterocycles. The van der Waals surface area contributed by atoms with Crippen molar-refractivity contribution < 1.29 is 28.7 Å². The number of hydrogen-bond donors (Lipinski definition) is 0. The van der Waals surface area contributed by atoms with E-state index in [0.717, 1.165) is 0 Å². The number of benzene rings is 2. The normalized spacial score (nSPS) is 10.8. The fourth-order valence-electron chi connectivity index (χ4n) is 2.07. The number of carbonyl (C=O) groups is 4. The standard InChI is InChI=1S/C21H20O6/c1-13(22)15-5-9-17(10-6-15)26-19(24)21(3,4)20(25)27-18-11-7-16(8-12-18)14(2)23/h5-12H,1-4H3. The van der Waals surface area contributed by atoms with Crippen molar-refractivity contribution in [3.8, 4) is 11.5 Å². The maximum Gasteiger partial charge on any atom is 0.328 e. The lowest BCUT2D eigenvalue weighted by molar-refractivity contribution is -0.158. The maximum atomic E-state index is 12.4. The summed E-state index contributed by atoms with van der Waals surface area (Å²) >= 11 is 0. The number of esters is 2. The predicted molar refractivity (Wildman–Crippen MR) is 97.9 cm³/mol. The molecule has 140 valence electrons. The van der Waals surface area contributed by atoms with Crippen LogP contribution >= 0.6 is 0 Å². The first-order valence-electron chi connectivity index (χ1n) is 8.28. The van der Waals surface area contributed by atoms with E-state index < -0.39 is 17.4 Å². The molecule has 2 aromatic rings. The van der Waals surface area contributed by atoms with E-state index in [1.807, 2.05) is 0 Å². The van der Waals surface area contributed by atoms with E-state index in [0.29, 0.717) is 11.1 Å². The van der Waals surface area contributed by atoms with Crippen LogP contribution in [0.1, 0.15) is 48.4 Å². The Balaban J connectivity index is 2.06. The molecule has 0 aliphatic carbocycles. The van der Waals surface area contributed by atoms with E-state index >= 15 is 0 Å². The summed E-state index contributed by atoms with van der Waals surface area (Å²) in [7, 11) is 0. The minimum absolute atomic E-state index is 0.104. The molecular weight excluding hydrogens is 348 g/mol. The van der Waals surface area contributed by atoms with Crippen LogP contribution in [0.2, 0.25) is 0 Å². The molecular formula is C21H20O6. The van der Waals surface area contributed by atoms with Gasteiger partial charge in [0.25, 0.3) is 0 Å². The van der Waals surface area contributed by atoms with E-state index in [1.54, 1.807) is 0 Å². The molecule has 2 aromatic carbocycles. The van der Waals surface area contributed by atoms with E-state index in [2.05, 4.69) is 0 Å². The summed E-state index contributed by atoms with van der Waals surface area (Å²) in [6.07, 6.45) is 0. The van der Waals surface area contributed by atoms with Crippen molar-refractivity contribution in [2.24, 2.45) is 5.41 Å². The van der Waals surface area contributed by atoms with Gasteiger partial charge in [0.2, 0.25) is 0 Å². The van der Waals surface area contributed by atoms with Gasteiger partial charge < -0.3 is 9.47 Å². The lowest BCUT2D eigenvalue weighted by atomic mass is 9.94. The van der Waals surface area contributed by atoms with Gasteiger partial charge in [-0.15, -0.1) is 0 Å². The topological polar surface area (TPSA) is 86.7 Å². The Morgan fingerprint density at radius 1 is 0.630 bits per heavy atom. The molecule has 0 saturated carbocycles. The molecule has 0 saturated heterocycles. The number of rotatable bonds is 6. The third-order valence-electron chi connectivity index (χ3n) is 3.96. The van der Waals surface area contributed by atoms with Gasteiger partial charge in [0, 0.05) is 11.1 Å². The Morgan fingerprint density at radius 2 is 0.926 bits per heavy atom. The van der Waals surface area contributed by atoms with Gasteiger partial charge in [-0.05, 0) is 76.2 Å². The van der Waals surface area contributed by atoms with Gasteiger partial charge >= 0.3 is 11.9 Å². The van der Waals surface area contributed by atoms with Gasteiger partial charge in [-0.1, -0.05) is 0 Å². The highest BCUT2D eigenvalue weighted by Gasteiger charge is 2.40. The second-order valence-corrected chi connectivity index (χ2v) is 6.57. The molecule has 6 nitrogen and oxygen atoms in total. The summed E-state index contributed by atoms with van der Waals surface area (Å²) in [5.41, 5.74) is -0.580. The van der Waals surface area contributed by atoms with Gasteiger partial charge in [0.05, 0.1) is 0 Å². The summed E-state index contributed by atoms with van der Waals surface area (Å²) in [6, 6.07) is 12.1. The minimum Gasteiger partial charge on any atom is -0.426 e. The first-order valence-corrected chi connectivity index (χ1v) is 8.28. The van der Waals surface area contributed by atoms with E-state index in [-0.39, 0.29) is 23.1 Å². The Morgan fingerprint density at radius 3 is 1.19 bits per heavy atom. The number of ketones is 2. The second-order valence-electron chi connectivity index (χ2n) is 6.57. The van der Waals surface area contributed by atoms with Gasteiger partial charge in [-0.25, -0.2) is 0 Å². The summed E-state index contributed by atoms with van der Waals surface area (Å²) < 4.78 is 10.5. The zero-order chi connectivity index (χ0) is 20.2. The van der Waals surface area contributed by atoms with Crippen molar-refractivity contribution >= 4 is 23.5 Å². The number of carbonyl (C=O) groups excluding carboxylic acids is 4. The largest absolute Gasteiger partial charge is 0.426 e. The second kappa shape index (κ2) is 7.95. The van der Waals surface area contributed by atoms with Crippen molar-refractivity contribution in [2.75, 3.05) is 0 Å². The maximum absolute atomic E-state index is 12.4. The number of ether oxygens (including phenoxy) is 2. The molecule has 2 rings (SSSR count). The molecule has 0 atom stereocenters. The van der Waals surface area contributed by atoms with E-state index in [1.165, 1.54) is 76.2 Å². The Bertz CT molecular complexity index is 802. The smallest absolute Gasteiger partial charge is 0.328 e. The number of hydrogen-bond acceptors (Lipinski definition) is 6. The van der Waals surface area contributed by atoms with Crippen molar-refractivity contribution in [3.05, 3.63) is 59.7 Å². The van der Waals surface area contributed by atoms with Crippen LogP contribution in [0, 0.1) is 5.41 Å². The molecule has 0 spiro atoms. The third-order valence-corrected chi connectivity index (χ3v) is 3.96. The van der Waals surface area contributed by atoms with Crippen LogP contribution in [0.4, 0.5) is 0 Å². The van der Waals surface area contributed by atoms with Crippen LogP contribution in [0.3, 0.4) is 0 Å². The van der Waals surface area contributed by atoms with Crippen molar-refractivity contribution in [1.82, 2.24) is 0 Å². The average molecular weight is 368 g/mol. The van der Waals surface area contributed by atoms with Crippen LogP contribution in [0.5, 0.6) is 11.5 Å². The van der Waals surface area contributed by atoms with Crippen LogP contribution in [-0.4, -0.2) is 23.5 Å². The lowest BCUT2D eigenvalue weighted by Crippen LogP contribution is -2.39.